The van der Waals surface area contributed by atoms with Crippen LogP contribution < -0.4 is 9.47 Å². The zero-order valence-corrected chi connectivity index (χ0v) is 20.9. The highest BCUT2D eigenvalue weighted by atomic mass is 16.7. The molecule has 0 bridgehead atoms. The average molecular weight is 484 g/mol. The summed E-state index contributed by atoms with van der Waals surface area (Å²) < 4.78 is 21.2. The van der Waals surface area contributed by atoms with Gasteiger partial charge in [0.1, 0.15) is 6.10 Å². The van der Waals surface area contributed by atoms with E-state index in [1.54, 1.807) is 6.92 Å². The molecule has 0 aliphatic rings. The number of benzene rings is 1. The van der Waals surface area contributed by atoms with Crippen molar-refractivity contribution in [1.82, 2.24) is 4.98 Å². The quantitative estimate of drug-likeness (QED) is 0.177. The Labute approximate surface area is 206 Å². The summed E-state index contributed by atoms with van der Waals surface area (Å²) in [4.78, 5) is 40.9. The molecule has 8 heteroatoms. The second-order valence-electron chi connectivity index (χ2n) is 8.40. The molecule has 0 fully saturated rings. The number of carbonyl (C=O) groups excluding carboxylic acids is 3. The lowest BCUT2D eigenvalue weighted by Gasteiger charge is -2.26. The van der Waals surface area contributed by atoms with Gasteiger partial charge in [-0.1, -0.05) is 49.4 Å². The lowest BCUT2D eigenvalue weighted by molar-refractivity contribution is -0.154. The van der Waals surface area contributed by atoms with E-state index in [1.807, 2.05) is 44.2 Å². The summed E-state index contributed by atoms with van der Waals surface area (Å²) >= 11 is 0. The zero-order chi connectivity index (χ0) is 26.0. The number of hydrogen-bond donors (Lipinski definition) is 0. The van der Waals surface area contributed by atoms with Crippen LogP contribution in [0.25, 0.3) is 0 Å². The number of Topliss-reactive ketones (excluding diaryl/α,β-unsaturated/α-hetero) is 1. The first-order chi connectivity index (χ1) is 16.6. The van der Waals surface area contributed by atoms with E-state index < -0.39 is 36.5 Å². The standard InChI is InChI=1S/C27H33NO7/c1-17(2)22(15-21-10-8-7-9-11-21)19(4)35-27(31)18(3)14-23(30)25-26(34-16-33-20(5)29)24(32-6)12-13-28-25/h7-13,18-19,22H,1,14-16H2,2-6H3/t18-,19+,22-/m1/s1. The fraction of sp³-hybridized carbons (Fsp3) is 0.407. The Bertz CT molecular complexity index is 1040. The molecule has 0 unspecified atom stereocenters. The monoisotopic (exact) mass is 483 g/mol. The Morgan fingerprint density at radius 3 is 2.34 bits per heavy atom. The minimum absolute atomic E-state index is 0.0203. The molecule has 8 nitrogen and oxygen atoms in total. The Hall–Kier alpha value is -3.68. The SMILES string of the molecule is C=C(C)[C@@H](Cc1ccccc1)[C@H](C)OC(=O)[C@H](C)CC(=O)c1nccc(OC)c1OCOC(C)=O. The van der Waals surface area contributed by atoms with Gasteiger partial charge < -0.3 is 18.9 Å². The number of aromatic nitrogens is 1. The van der Waals surface area contributed by atoms with Crippen molar-refractivity contribution in [1.29, 1.82) is 0 Å². The Morgan fingerprint density at radius 2 is 1.74 bits per heavy atom. The smallest absolute Gasteiger partial charge is 0.309 e. The third-order valence-electron chi connectivity index (χ3n) is 5.51. The Kier molecular flexibility index (Phi) is 10.5. The summed E-state index contributed by atoms with van der Waals surface area (Å²) in [5.41, 5.74) is 2.01. The van der Waals surface area contributed by atoms with E-state index in [-0.39, 0.29) is 29.5 Å². The molecular formula is C27H33NO7. The molecule has 2 rings (SSSR count). The normalized spacial score (nSPS) is 13.2. The van der Waals surface area contributed by atoms with Crippen molar-refractivity contribution in [3.63, 3.8) is 0 Å². The molecule has 188 valence electrons. The van der Waals surface area contributed by atoms with Crippen LogP contribution in [0.2, 0.25) is 0 Å². The summed E-state index contributed by atoms with van der Waals surface area (Å²) in [6.45, 7) is 10.3. The maximum atomic E-state index is 13.0. The van der Waals surface area contributed by atoms with Crippen LogP contribution in [-0.4, -0.2) is 42.7 Å². The van der Waals surface area contributed by atoms with E-state index in [9.17, 15) is 14.4 Å². The number of pyridine rings is 1. The molecule has 0 saturated carbocycles. The molecule has 1 aromatic heterocycles. The van der Waals surface area contributed by atoms with Crippen molar-refractivity contribution in [3.05, 3.63) is 66.0 Å². The van der Waals surface area contributed by atoms with E-state index in [2.05, 4.69) is 11.6 Å². The Balaban J connectivity index is 2.06. The number of rotatable bonds is 13. The Morgan fingerprint density at radius 1 is 1.06 bits per heavy atom. The number of ether oxygens (including phenoxy) is 4. The predicted molar refractivity (Wildman–Crippen MR) is 130 cm³/mol. The summed E-state index contributed by atoms with van der Waals surface area (Å²) in [6.07, 6.45) is 1.52. The topological polar surface area (TPSA) is 101 Å². The predicted octanol–water partition coefficient (Wildman–Crippen LogP) is 4.57. The maximum Gasteiger partial charge on any atom is 0.309 e. The first-order valence-corrected chi connectivity index (χ1v) is 11.4. The highest BCUT2D eigenvalue weighted by Crippen LogP contribution is 2.31. The van der Waals surface area contributed by atoms with Crippen LogP contribution in [0.4, 0.5) is 0 Å². The van der Waals surface area contributed by atoms with Crippen molar-refractivity contribution >= 4 is 17.7 Å². The lowest BCUT2D eigenvalue weighted by atomic mass is 9.89. The molecule has 1 heterocycles. The number of ketones is 1. The van der Waals surface area contributed by atoms with E-state index in [0.717, 1.165) is 11.1 Å². The minimum atomic E-state index is -0.721. The van der Waals surface area contributed by atoms with Crippen LogP contribution in [0, 0.1) is 11.8 Å². The molecule has 0 spiro atoms. The van der Waals surface area contributed by atoms with E-state index >= 15 is 0 Å². The number of hydrogen-bond acceptors (Lipinski definition) is 8. The second-order valence-corrected chi connectivity index (χ2v) is 8.40. The van der Waals surface area contributed by atoms with Crippen molar-refractivity contribution in [2.75, 3.05) is 13.9 Å². The van der Waals surface area contributed by atoms with Crippen LogP contribution in [0.3, 0.4) is 0 Å². The fourth-order valence-corrected chi connectivity index (χ4v) is 3.55. The molecule has 35 heavy (non-hydrogen) atoms. The van der Waals surface area contributed by atoms with Gasteiger partial charge in [-0.25, -0.2) is 4.98 Å². The van der Waals surface area contributed by atoms with Gasteiger partial charge in [-0.15, -0.1) is 0 Å². The van der Waals surface area contributed by atoms with Gasteiger partial charge in [0, 0.05) is 31.5 Å². The number of nitrogens with zero attached hydrogens (tertiary/aromatic N) is 1. The van der Waals surface area contributed by atoms with Crippen LogP contribution in [-0.2, 0) is 25.5 Å². The second kappa shape index (κ2) is 13.3. The van der Waals surface area contributed by atoms with Crippen molar-refractivity contribution in [2.24, 2.45) is 11.8 Å². The summed E-state index contributed by atoms with van der Waals surface area (Å²) in [5.74, 6) is -1.95. The molecule has 1 aromatic carbocycles. The van der Waals surface area contributed by atoms with E-state index in [1.165, 1.54) is 26.3 Å². The summed E-state index contributed by atoms with van der Waals surface area (Å²) in [6, 6.07) is 11.4. The largest absolute Gasteiger partial charge is 0.493 e. The number of esters is 2. The van der Waals surface area contributed by atoms with Gasteiger partial charge in [0.15, 0.2) is 23.0 Å². The third-order valence-corrected chi connectivity index (χ3v) is 5.51. The lowest BCUT2D eigenvalue weighted by Crippen LogP contribution is -2.30. The summed E-state index contributed by atoms with van der Waals surface area (Å²) in [7, 11) is 1.41. The first-order valence-electron chi connectivity index (χ1n) is 11.4. The van der Waals surface area contributed by atoms with Gasteiger partial charge >= 0.3 is 11.9 Å². The average Bonchev–Trinajstić information content (AvgIpc) is 2.82. The van der Waals surface area contributed by atoms with Gasteiger partial charge in [0.05, 0.1) is 13.0 Å². The van der Waals surface area contributed by atoms with Crippen LogP contribution in [0.15, 0.2) is 54.7 Å². The van der Waals surface area contributed by atoms with Crippen molar-refractivity contribution in [3.8, 4) is 11.5 Å². The van der Waals surface area contributed by atoms with E-state index in [0.29, 0.717) is 6.42 Å². The first kappa shape index (κ1) is 27.6. The fourth-order valence-electron chi connectivity index (χ4n) is 3.55. The number of carbonyl (C=O) groups is 3. The van der Waals surface area contributed by atoms with Gasteiger partial charge in [-0.3, -0.25) is 14.4 Å². The highest BCUT2D eigenvalue weighted by molar-refractivity contribution is 5.99. The van der Waals surface area contributed by atoms with Gasteiger partial charge in [0.2, 0.25) is 6.79 Å². The van der Waals surface area contributed by atoms with Gasteiger partial charge in [-0.05, 0) is 25.8 Å². The van der Waals surface area contributed by atoms with Crippen molar-refractivity contribution in [2.45, 2.75) is 46.6 Å². The minimum Gasteiger partial charge on any atom is -0.493 e. The molecule has 0 aliphatic heterocycles. The molecule has 0 N–H and O–H groups in total. The maximum absolute atomic E-state index is 13.0. The van der Waals surface area contributed by atoms with Crippen molar-refractivity contribution < 1.29 is 33.3 Å². The number of methoxy groups -OCH3 is 1. The van der Waals surface area contributed by atoms with Gasteiger partial charge in [0.25, 0.3) is 0 Å². The van der Waals surface area contributed by atoms with Crippen LogP contribution in [0.1, 0.15) is 50.2 Å². The summed E-state index contributed by atoms with van der Waals surface area (Å²) in [5, 5.41) is 0. The molecule has 0 aliphatic carbocycles. The highest BCUT2D eigenvalue weighted by Gasteiger charge is 2.28. The zero-order valence-electron chi connectivity index (χ0n) is 20.9. The van der Waals surface area contributed by atoms with Crippen LogP contribution in [0.5, 0.6) is 11.5 Å². The molecule has 0 saturated heterocycles. The molecule has 0 amide bonds. The molecule has 3 atom stereocenters. The van der Waals surface area contributed by atoms with Crippen LogP contribution >= 0.6 is 0 Å². The molecular weight excluding hydrogens is 450 g/mol. The van der Waals surface area contributed by atoms with Gasteiger partial charge in [-0.2, -0.15) is 0 Å². The third kappa shape index (κ3) is 8.24. The van der Waals surface area contributed by atoms with E-state index in [4.69, 9.17) is 18.9 Å². The molecule has 2 aromatic rings. The molecule has 0 radical (unpaired) electrons.